The van der Waals surface area contributed by atoms with Crippen molar-refractivity contribution in [3.8, 4) is 0 Å². The lowest BCUT2D eigenvalue weighted by molar-refractivity contribution is -0.139. The van der Waals surface area contributed by atoms with E-state index in [4.69, 9.17) is 0 Å². The molecule has 1 aromatic carbocycles. The van der Waals surface area contributed by atoms with E-state index in [-0.39, 0.29) is 12.5 Å². The third kappa shape index (κ3) is 3.22. The Bertz CT molecular complexity index is 542. The van der Waals surface area contributed by atoms with Crippen LogP contribution >= 0.6 is 0 Å². The topological polar surface area (TPSA) is 70.4 Å². The van der Waals surface area contributed by atoms with Gasteiger partial charge in [-0.15, -0.1) is 0 Å². The molecule has 4 heteroatoms. The molecule has 1 heterocycles. The molecule has 0 aliphatic rings. The van der Waals surface area contributed by atoms with Crippen molar-refractivity contribution in [1.82, 2.24) is 4.98 Å². The Morgan fingerprint density at radius 3 is 2.35 bits per heavy atom. The summed E-state index contributed by atoms with van der Waals surface area (Å²) in [4.78, 5) is 15.7. The lowest BCUT2D eigenvalue weighted by Crippen LogP contribution is -2.21. The summed E-state index contributed by atoms with van der Waals surface area (Å²) in [7, 11) is 0. The third-order valence-electron chi connectivity index (χ3n) is 3.38. The molecule has 104 valence electrons. The highest BCUT2D eigenvalue weighted by Crippen LogP contribution is 2.35. The highest BCUT2D eigenvalue weighted by Gasteiger charge is 2.30. The van der Waals surface area contributed by atoms with Gasteiger partial charge in [0.1, 0.15) is 0 Å². The van der Waals surface area contributed by atoms with Gasteiger partial charge in [-0.25, -0.2) is 0 Å². The standard InChI is InChI=1S/C16H17NO3/c18-10-8-14(12-5-2-1-3-6-12)15(16(19)20)13-7-4-9-17-11-13/h1-7,9,11,14-15,18H,8,10H2,(H,19,20). The molecule has 0 amide bonds. The van der Waals surface area contributed by atoms with Gasteiger partial charge in [0.25, 0.3) is 0 Å². The number of rotatable bonds is 6. The average Bonchev–Trinajstić information content (AvgIpc) is 2.48. The van der Waals surface area contributed by atoms with E-state index in [1.54, 1.807) is 24.5 Å². The van der Waals surface area contributed by atoms with Gasteiger partial charge >= 0.3 is 5.97 Å². The monoisotopic (exact) mass is 271 g/mol. The minimum Gasteiger partial charge on any atom is -0.481 e. The highest BCUT2D eigenvalue weighted by molar-refractivity contribution is 5.77. The second-order valence-corrected chi connectivity index (χ2v) is 4.63. The highest BCUT2D eigenvalue weighted by atomic mass is 16.4. The molecule has 2 aromatic rings. The van der Waals surface area contributed by atoms with Crippen molar-refractivity contribution in [2.24, 2.45) is 0 Å². The number of hydrogen-bond donors (Lipinski definition) is 2. The van der Waals surface area contributed by atoms with Crippen molar-refractivity contribution in [2.75, 3.05) is 6.61 Å². The van der Waals surface area contributed by atoms with Crippen LogP contribution in [0.3, 0.4) is 0 Å². The summed E-state index contributed by atoms with van der Waals surface area (Å²) in [5.74, 6) is -1.89. The molecule has 20 heavy (non-hydrogen) atoms. The maximum absolute atomic E-state index is 11.7. The number of carbonyl (C=O) groups is 1. The van der Waals surface area contributed by atoms with Crippen LogP contribution in [-0.4, -0.2) is 27.8 Å². The van der Waals surface area contributed by atoms with E-state index in [2.05, 4.69) is 4.98 Å². The number of carboxylic acid groups (broad SMARTS) is 1. The first-order chi connectivity index (χ1) is 9.74. The smallest absolute Gasteiger partial charge is 0.311 e. The Balaban J connectivity index is 2.41. The number of benzene rings is 1. The number of carboxylic acids is 1. The van der Waals surface area contributed by atoms with Crippen LogP contribution in [-0.2, 0) is 4.79 Å². The molecule has 0 spiro atoms. The van der Waals surface area contributed by atoms with Crippen LogP contribution in [0.15, 0.2) is 54.9 Å². The average molecular weight is 271 g/mol. The van der Waals surface area contributed by atoms with Gasteiger partial charge in [0.15, 0.2) is 0 Å². The summed E-state index contributed by atoms with van der Waals surface area (Å²) in [5.41, 5.74) is 1.57. The van der Waals surface area contributed by atoms with Gasteiger partial charge in [-0.3, -0.25) is 9.78 Å². The van der Waals surface area contributed by atoms with E-state index in [0.29, 0.717) is 12.0 Å². The number of aliphatic carboxylic acids is 1. The second-order valence-electron chi connectivity index (χ2n) is 4.63. The fraction of sp³-hybridized carbons (Fsp3) is 0.250. The van der Waals surface area contributed by atoms with E-state index >= 15 is 0 Å². The van der Waals surface area contributed by atoms with Gasteiger partial charge in [0, 0.05) is 24.9 Å². The molecule has 4 nitrogen and oxygen atoms in total. The molecular weight excluding hydrogens is 254 g/mol. The number of nitrogens with zero attached hydrogens (tertiary/aromatic N) is 1. The third-order valence-corrected chi connectivity index (χ3v) is 3.38. The number of aliphatic hydroxyl groups excluding tert-OH is 1. The first-order valence-corrected chi connectivity index (χ1v) is 6.52. The van der Waals surface area contributed by atoms with Crippen molar-refractivity contribution in [3.63, 3.8) is 0 Å². The van der Waals surface area contributed by atoms with Crippen molar-refractivity contribution in [1.29, 1.82) is 0 Å². The fourth-order valence-corrected chi connectivity index (χ4v) is 2.47. The van der Waals surface area contributed by atoms with Crippen LogP contribution in [0.5, 0.6) is 0 Å². The van der Waals surface area contributed by atoms with Crippen LogP contribution in [0.4, 0.5) is 0 Å². The number of aromatic nitrogens is 1. The summed E-state index contributed by atoms with van der Waals surface area (Å²) in [6.45, 7) is -0.0520. The molecule has 0 bridgehead atoms. The summed E-state index contributed by atoms with van der Waals surface area (Å²) in [6.07, 6.45) is 3.59. The zero-order valence-corrected chi connectivity index (χ0v) is 11.0. The Morgan fingerprint density at radius 2 is 1.80 bits per heavy atom. The fourth-order valence-electron chi connectivity index (χ4n) is 2.47. The Labute approximate surface area is 117 Å². The van der Waals surface area contributed by atoms with Gasteiger partial charge in [0.05, 0.1) is 5.92 Å². The summed E-state index contributed by atoms with van der Waals surface area (Å²) < 4.78 is 0. The van der Waals surface area contributed by atoms with Crippen molar-refractivity contribution >= 4 is 5.97 Å². The lowest BCUT2D eigenvalue weighted by atomic mass is 9.80. The zero-order valence-electron chi connectivity index (χ0n) is 11.0. The zero-order chi connectivity index (χ0) is 14.4. The molecule has 0 saturated carbocycles. The molecule has 1 aromatic heterocycles. The van der Waals surface area contributed by atoms with E-state index in [9.17, 15) is 15.0 Å². The lowest BCUT2D eigenvalue weighted by Gasteiger charge is -2.24. The van der Waals surface area contributed by atoms with E-state index < -0.39 is 11.9 Å². The van der Waals surface area contributed by atoms with Gasteiger partial charge in [-0.05, 0) is 23.6 Å². The van der Waals surface area contributed by atoms with Crippen LogP contribution in [0.25, 0.3) is 0 Å². The SMILES string of the molecule is O=C(O)C(c1cccnc1)C(CCO)c1ccccc1. The van der Waals surface area contributed by atoms with E-state index in [1.807, 2.05) is 30.3 Å². The van der Waals surface area contributed by atoms with Crippen molar-refractivity contribution < 1.29 is 15.0 Å². The molecule has 0 radical (unpaired) electrons. The molecule has 0 saturated heterocycles. The van der Waals surface area contributed by atoms with Gasteiger partial charge in [0.2, 0.25) is 0 Å². The maximum Gasteiger partial charge on any atom is 0.311 e. The second kappa shape index (κ2) is 6.82. The van der Waals surface area contributed by atoms with Crippen LogP contribution < -0.4 is 0 Å². The quantitative estimate of drug-likeness (QED) is 0.846. The Morgan fingerprint density at radius 1 is 1.10 bits per heavy atom. The number of hydrogen-bond acceptors (Lipinski definition) is 3. The molecule has 0 aliphatic heterocycles. The molecule has 2 atom stereocenters. The Hall–Kier alpha value is -2.20. The minimum atomic E-state index is -0.902. The van der Waals surface area contributed by atoms with Crippen LogP contribution in [0.1, 0.15) is 29.4 Å². The summed E-state index contributed by atoms with van der Waals surface area (Å²) in [5, 5.41) is 18.8. The predicted molar refractivity (Wildman–Crippen MR) is 75.5 cm³/mol. The van der Waals surface area contributed by atoms with E-state index in [0.717, 1.165) is 5.56 Å². The first-order valence-electron chi connectivity index (χ1n) is 6.52. The molecule has 2 unspecified atom stereocenters. The van der Waals surface area contributed by atoms with Crippen molar-refractivity contribution in [2.45, 2.75) is 18.3 Å². The number of aliphatic hydroxyl groups is 1. The number of pyridine rings is 1. The molecule has 2 rings (SSSR count). The van der Waals surface area contributed by atoms with Gasteiger partial charge in [-0.2, -0.15) is 0 Å². The minimum absolute atomic E-state index is 0.0520. The normalized spacial score (nSPS) is 13.7. The van der Waals surface area contributed by atoms with E-state index in [1.165, 1.54) is 0 Å². The first kappa shape index (κ1) is 14.2. The van der Waals surface area contributed by atoms with Crippen LogP contribution in [0, 0.1) is 0 Å². The molecule has 0 fully saturated rings. The Kier molecular flexibility index (Phi) is 4.85. The maximum atomic E-state index is 11.7. The largest absolute Gasteiger partial charge is 0.481 e. The predicted octanol–water partition coefficient (Wildman–Crippen LogP) is 2.42. The summed E-state index contributed by atoms with van der Waals surface area (Å²) >= 11 is 0. The summed E-state index contributed by atoms with van der Waals surface area (Å²) in [6, 6.07) is 12.9. The molecular formula is C16H17NO3. The van der Waals surface area contributed by atoms with Gasteiger partial charge in [-0.1, -0.05) is 36.4 Å². The molecule has 0 aliphatic carbocycles. The van der Waals surface area contributed by atoms with Crippen LogP contribution in [0.2, 0.25) is 0 Å². The van der Waals surface area contributed by atoms with Gasteiger partial charge < -0.3 is 10.2 Å². The van der Waals surface area contributed by atoms with Crippen molar-refractivity contribution in [3.05, 3.63) is 66.0 Å². The molecule has 2 N–H and O–H groups in total.